The number of benzene rings is 3. The molecule has 0 fully saturated rings. The molecular formula is C24H24N4O6S. The molecule has 0 saturated carbocycles. The Morgan fingerprint density at radius 1 is 1.11 bits per heavy atom. The fraction of sp³-hybridized carbons (Fsp3) is 0.167. The SMILES string of the molecule is COc1ccc(S(=O)(=O)N(CC(=O)N/N=C/c2ccc([N+](=O)[O-])cc2)Cc2ccccc2)cc1C. The zero-order valence-corrected chi connectivity index (χ0v) is 19.9. The van der Waals surface area contributed by atoms with Crippen LogP contribution in [0.25, 0.3) is 0 Å². The molecule has 3 aromatic rings. The van der Waals surface area contributed by atoms with E-state index in [1.54, 1.807) is 37.3 Å². The third-order valence-corrected chi connectivity index (χ3v) is 6.82. The highest BCUT2D eigenvalue weighted by Crippen LogP contribution is 2.24. The van der Waals surface area contributed by atoms with Crippen LogP contribution in [-0.2, 0) is 21.4 Å². The number of rotatable bonds is 10. The van der Waals surface area contributed by atoms with Crippen LogP contribution in [0.5, 0.6) is 5.75 Å². The van der Waals surface area contributed by atoms with E-state index in [9.17, 15) is 23.3 Å². The number of nitrogens with one attached hydrogen (secondary N) is 1. The van der Waals surface area contributed by atoms with E-state index in [4.69, 9.17) is 4.74 Å². The van der Waals surface area contributed by atoms with Crippen LogP contribution in [0.15, 0.2) is 82.8 Å². The Labute approximate surface area is 203 Å². The van der Waals surface area contributed by atoms with Gasteiger partial charge in [-0.1, -0.05) is 30.3 Å². The Kier molecular flexibility index (Phi) is 8.29. The molecule has 10 nitrogen and oxygen atoms in total. The quantitative estimate of drug-likeness (QED) is 0.260. The van der Waals surface area contributed by atoms with Crippen LogP contribution in [0, 0.1) is 17.0 Å². The summed E-state index contributed by atoms with van der Waals surface area (Å²) >= 11 is 0. The number of amides is 1. The van der Waals surface area contributed by atoms with E-state index in [0.29, 0.717) is 22.4 Å². The number of ether oxygens (including phenoxy) is 1. The third kappa shape index (κ3) is 6.71. The molecule has 3 rings (SSSR count). The topological polar surface area (TPSA) is 131 Å². The zero-order valence-electron chi connectivity index (χ0n) is 19.1. The number of nitrogens with zero attached hydrogens (tertiary/aromatic N) is 3. The minimum atomic E-state index is -4.03. The molecule has 0 atom stereocenters. The largest absolute Gasteiger partial charge is 0.496 e. The van der Waals surface area contributed by atoms with Gasteiger partial charge in [0, 0.05) is 18.7 Å². The van der Waals surface area contributed by atoms with Crippen molar-refractivity contribution in [1.82, 2.24) is 9.73 Å². The highest BCUT2D eigenvalue weighted by molar-refractivity contribution is 7.89. The van der Waals surface area contributed by atoms with Gasteiger partial charge in [0.1, 0.15) is 5.75 Å². The van der Waals surface area contributed by atoms with E-state index in [-0.39, 0.29) is 17.1 Å². The Balaban J connectivity index is 1.78. The molecule has 1 N–H and O–H groups in total. The summed E-state index contributed by atoms with van der Waals surface area (Å²) in [6.07, 6.45) is 1.31. The summed E-state index contributed by atoms with van der Waals surface area (Å²) in [5.41, 5.74) is 4.12. The maximum Gasteiger partial charge on any atom is 0.269 e. The van der Waals surface area contributed by atoms with Gasteiger partial charge in [0.05, 0.1) is 29.7 Å². The summed E-state index contributed by atoms with van der Waals surface area (Å²) in [5.74, 6) is -0.0928. The van der Waals surface area contributed by atoms with Crippen molar-refractivity contribution in [3.8, 4) is 5.75 Å². The van der Waals surface area contributed by atoms with E-state index in [1.165, 1.54) is 49.7 Å². The molecule has 0 radical (unpaired) electrons. The molecule has 11 heteroatoms. The van der Waals surface area contributed by atoms with Crippen molar-refractivity contribution in [1.29, 1.82) is 0 Å². The molecule has 0 heterocycles. The van der Waals surface area contributed by atoms with Crippen molar-refractivity contribution in [2.45, 2.75) is 18.4 Å². The van der Waals surface area contributed by atoms with E-state index in [1.807, 2.05) is 6.07 Å². The molecule has 0 spiro atoms. The number of methoxy groups -OCH3 is 1. The van der Waals surface area contributed by atoms with Gasteiger partial charge >= 0.3 is 0 Å². The summed E-state index contributed by atoms with van der Waals surface area (Å²) in [4.78, 5) is 22.8. The molecule has 3 aromatic carbocycles. The lowest BCUT2D eigenvalue weighted by atomic mass is 10.2. The molecule has 0 aromatic heterocycles. The number of nitro groups is 1. The van der Waals surface area contributed by atoms with E-state index < -0.39 is 27.4 Å². The summed E-state index contributed by atoms with van der Waals surface area (Å²) < 4.78 is 33.1. The Hall–Kier alpha value is -4.09. The van der Waals surface area contributed by atoms with Gasteiger partial charge in [0.15, 0.2) is 0 Å². The summed E-state index contributed by atoms with van der Waals surface area (Å²) in [6.45, 7) is 1.24. The van der Waals surface area contributed by atoms with Crippen LogP contribution in [0.3, 0.4) is 0 Å². The van der Waals surface area contributed by atoms with Gasteiger partial charge in [-0.15, -0.1) is 0 Å². The minimum absolute atomic E-state index is 0.0201. The third-order valence-electron chi connectivity index (χ3n) is 5.03. The van der Waals surface area contributed by atoms with E-state index in [0.717, 1.165) is 4.31 Å². The first-order valence-corrected chi connectivity index (χ1v) is 11.9. The molecule has 182 valence electrons. The summed E-state index contributed by atoms with van der Waals surface area (Å²) in [5, 5.41) is 14.6. The molecule has 35 heavy (non-hydrogen) atoms. The number of nitro benzene ring substituents is 1. The second-order valence-corrected chi connectivity index (χ2v) is 9.47. The van der Waals surface area contributed by atoms with Crippen LogP contribution < -0.4 is 10.2 Å². The number of non-ortho nitro benzene ring substituents is 1. The predicted molar refractivity (Wildman–Crippen MR) is 131 cm³/mol. The highest BCUT2D eigenvalue weighted by atomic mass is 32.2. The Bertz CT molecular complexity index is 1330. The number of carbonyl (C=O) groups is 1. The minimum Gasteiger partial charge on any atom is -0.496 e. The number of hydrogen-bond acceptors (Lipinski definition) is 7. The molecular weight excluding hydrogens is 472 g/mol. The lowest BCUT2D eigenvalue weighted by molar-refractivity contribution is -0.384. The first kappa shape index (κ1) is 25.5. The van der Waals surface area contributed by atoms with Gasteiger partial charge in [-0.25, -0.2) is 13.8 Å². The van der Waals surface area contributed by atoms with Crippen LogP contribution in [0.2, 0.25) is 0 Å². The molecule has 0 aliphatic heterocycles. The summed E-state index contributed by atoms with van der Waals surface area (Å²) in [7, 11) is -2.53. The molecule has 0 saturated heterocycles. The molecule has 0 bridgehead atoms. The molecule has 1 amide bonds. The van der Waals surface area contributed by atoms with Crippen LogP contribution >= 0.6 is 0 Å². The maximum absolute atomic E-state index is 13.4. The van der Waals surface area contributed by atoms with Crippen LogP contribution in [-0.4, -0.2) is 43.4 Å². The highest BCUT2D eigenvalue weighted by Gasteiger charge is 2.27. The van der Waals surface area contributed by atoms with Gasteiger partial charge in [-0.2, -0.15) is 9.41 Å². The van der Waals surface area contributed by atoms with Crippen LogP contribution in [0.1, 0.15) is 16.7 Å². The van der Waals surface area contributed by atoms with Crippen molar-refractivity contribution < 1.29 is 22.9 Å². The Morgan fingerprint density at radius 3 is 2.40 bits per heavy atom. The fourth-order valence-corrected chi connectivity index (χ4v) is 4.70. The van der Waals surface area contributed by atoms with Gasteiger partial charge < -0.3 is 4.74 Å². The predicted octanol–water partition coefficient (Wildman–Crippen LogP) is 3.25. The monoisotopic (exact) mass is 496 g/mol. The van der Waals surface area contributed by atoms with Crippen molar-refractivity contribution in [2.75, 3.05) is 13.7 Å². The molecule has 0 unspecified atom stereocenters. The van der Waals surface area contributed by atoms with Crippen molar-refractivity contribution in [2.24, 2.45) is 5.10 Å². The normalized spacial score (nSPS) is 11.5. The number of aryl methyl sites for hydroxylation is 1. The average Bonchev–Trinajstić information content (AvgIpc) is 2.84. The zero-order chi connectivity index (χ0) is 25.4. The number of hydrazone groups is 1. The lowest BCUT2D eigenvalue weighted by Crippen LogP contribution is -2.39. The Morgan fingerprint density at radius 2 is 1.80 bits per heavy atom. The average molecular weight is 497 g/mol. The van der Waals surface area contributed by atoms with Crippen molar-refractivity contribution in [3.63, 3.8) is 0 Å². The number of sulfonamides is 1. The second-order valence-electron chi connectivity index (χ2n) is 7.53. The standard InChI is InChI=1S/C24H24N4O6S/c1-18-14-22(12-13-23(18)34-2)35(32,33)27(16-20-6-4-3-5-7-20)17-24(29)26-25-15-19-8-10-21(11-9-19)28(30)31/h3-15H,16-17H2,1-2H3,(H,26,29)/b25-15+. The van der Waals surface area contributed by atoms with Gasteiger partial charge in [-0.3, -0.25) is 14.9 Å². The van der Waals surface area contributed by atoms with E-state index >= 15 is 0 Å². The molecule has 0 aliphatic rings. The van der Waals surface area contributed by atoms with Gasteiger partial charge in [0.25, 0.3) is 11.6 Å². The van der Waals surface area contributed by atoms with Crippen molar-refractivity contribution >= 4 is 27.8 Å². The van der Waals surface area contributed by atoms with Gasteiger partial charge in [-0.05, 0) is 53.9 Å². The molecule has 0 aliphatic carbocycles. The first-order chi connectivity index (χ1) is 16.7. The lowest BCUT2D eigenvalue weighted by Gasteiger charge is -2.22. The van der Waals surface area contributed by atoms with Gasteiger partial charge in [0.2, 0.25) is 10.0 Å². The first-order valence-electron chi connectivity index (χ1n) is 10.5. The number of carbonyl (C=O) groups excluding carboxylic acids is 1. The fourth-order valence-electron chi connectivity index (χ4n) is 3.23. The van der Waals surface area contributed by atoms with E-state index in [2.05, 4.69) is 10.5 Å². The smallest absolute Gasteiger partial charge is 0.269 e. The van der Waals surface area contributed by atoms with Crippen molar-refractivity contribution in [3.05, 3.63) is 99.6 Å². The number of hydrogen-bond donors (Lipinski definition) is 1. The summed E-state index contributed by atoms with van der Waals surface area (Å²) in [6, 6.07) is 19.0. The maximum atomic E-state index is 13.4. The second kappa shape index (κ2) is 11.4. The van der Waals surface area contributed by atoms with Crippen LogP contribution in [0.4, 0.5) is 5.69 Å².